The first-order valence-corrected chi connectivity index (χ1v) is 2.98. The Bertz CT molecular complexity index is 107. The molecule has 9 heavy (non-hydrogen) atoms. The van der Waals surface area contributed by atoms with Gasteiger partial charge in [-0.3, -0.25) is 0 Å². The molecule has 3 nitrogen and oxygen atoms in total. The zero-order valence-electron chi connectivity index (χ0n) is 5.91. The minimum atomic E-state index is 0.730. The molecule has 0 aliphatic heterocycles. The SMILES string of the molecule is C/C=C/C=N\N(N)CC. The van der Waals surface area contributed by atoms with E-state index < -0.39 is 0 Å². The van der Waals surface area contributed by atoms with Gasteiger partial charge in [-0.15, -0.1) is 0 Å². The molecule has 0 aliphatic rings. The Morgan fingerprint density at radius 1 is 1.67 bits per heavy atom. The quantitative estimate of drug-likeness (QED) is 0.345. The number of hydrogen-bond donors (Lipinski definition) is 1. The van der Waals surface area contributed by atoms with E-state index in [1.54, 1.807) is 6.21 Å². The molecule has 0 bridgehead atoms. The third-order valence-electron chi connectivity index (χ3n) is 0.817. The van der Waals surface area contributed by atoms with Gasteiger partial charge in [0, 0.05) is 6.21 Å². The molecule has 0 rings (SSSR count). The lowest BCUT2D eigenvalue weighted by Crippen LogP contribution is -2.24. The molecule has 0 atom stereocenters. The van der Waals surface area contributed by atoms with E-state index in [-0.39, 0.29) is 0 Å². The van der Waals surface area contributed by atoms with Crippen LogP contribution in [-0.2, 0) is 0 Å². The van der Waals surface area contributed by atoms with Crippen molar-refractivity contribution in [1.29, 1.82) is 0 Å². The normalized spacial score (nSPS) is 11.4. The van der Waals surface area contributed by atoms with Gasteiger partial charge in [-0.2, -0.15) is 5.10 Å². The van der Waals surface area contributed by atoms with Crippen molar-refractivity contribution in [3.63, 3.8) is 0 Å². The molecule has 0 radical (unpaired) electrons. The molecular weight excluding hydrogens is 114 g/mol. The van der Waals surface area contributed by atoms with E-state index in [1.165, 1.54) is 5.12 Å². The van der Waals surface area contributed by atoms with Gasteiger partial charge in [-0.05, 0) is 19.9 Å². The molecule has 0 aromatic carbocycles. The largest absolute Gasteiger partial charge is 0.233 e. The maximum atomic E-state index is 5.32. The Morgan fingerprint density at radius 3 is 2.78 bits per heavy atom. The third-order valence-corrected chi connectivity index (χ3v) is 0.817. The Hall–Kier alpha value is -0.830. The van der Waals surface area contributed by atoms with E-state index in [2.05, 4.69) is 5.10 Å². The average Bonchev–Trinajstić information content (AvgIpc) is 1.89. The lowest BCUT2D eigenvalue weighted by atomic mass is 10.6. The number of nitrogens with two attached hydrogens (primary N) is 1. The molecule has 0 aromatic heterocycles. The van der Waals surface area contributed by atoms with Crippen LogP contribution in [0.15, 0.2) is 17.3 Å². The highest BCUT2D eigenvalue weighted by Crippen LogP contribution is 1.74. The zero-order valence-corrected chi connectivity index (χ0v) is 5.91. The van der Waals surface area contributed by atoms with Gasteiger partial charge >= 0.3 is 0 Å². The van der Waals surface area contributed by atoms with Crippen molar-refractivity contribution in [2.45, 2.75) is 13.8 Å². The predicted octanol–water partition coefficient (Wildman–Crippen LogP) is 0.744. The molecule has 2 N–H and O–H groups in total. The van der Waals surface area contributed by atoms with Crippen LogP contribution in [0.25, 0.3) is 0 Å². The first-order chi connectivity index (χ1) is 4.31. The van der Waals surface area contributed by atoms with Crippen LogP contribution in [0.1, 0.15) is 13.8 Å². The highest BCUT2D eigenvalue weighted by atomic mass is 15.6. The summed E-state index contributed by atoms with van der Waals surface area (Å²) >= 11 is 0. The molecule has 0 fully saturated rings. The van der Waals surface area contributed by atoms with E-state index in [0.29, 0.717) is 0 Å². The molecular formula is C6H13N3. The minimum absolute atomic E-state index is 0.730. The standard InChI is InChI=1S/C6H13N3/c1-3-5-6-8-9(7)4-2/h3,5-6H,4,7H2,1-2H3/b5-3+,8-6-. The molecule has 0 saturated heterocycles. The summed E-state index contributed by atoms with van der Waals surface area (Å²) < 4.78 is 0. The zero-order chi connectivity index (χ0) is 7.11. The van der Waals surface area contributed by atoms with Crippen LogP contribution in [0.2, 0.25) is 0 Å². The topological polar surface area (TPSA) is 41.6 Å². The van der Waals surface area contributed by atoms with Crippen LogP contribution in [0.5, 0.6) is 0 Å². The highest BCUT2D eigenvalue weighted by Gasteiger charge is 1.79. The summed E-state index contributed by atoms with van der Waals surface area (Å²) in [4.78, 5) is 0. The number of allylic oxidation sites excluding steroid dienone is 2. The molecule has 0 aromatic rings. The lowest BCUT2D eigenvalue weighted by molar-refractivity contribution is 0.319. The van der Waals surface area contributed by atoms with Gasteiger partial charge in [0.15, 0.2) is 0 Å². The fourth-order valence-electron chi connectivity index (χ4n) is 0.292. The number of nitrogens with zero attached hydrogens (tertiary/aromatic N) is 2. The molecule has 0 unspecified atom stereocenters. The van der Waals surface area contributed by atoms with Crippen LogP contribution >= 0.6 is 0 Å². The van der Waals surface area contributed by atoms with Crippen molar-refractivity contribution in [2.75, 3.05) is 6.54 Å². The summed E-state index contributed by atoms with van der Waals surface area (Å²) in [5.41, 5.74) is 0. The van der Waals surface area contributed by atoms with Gasteiger partial charge in [-0.1, -0.05) is 6.08 Å². The van der Waals surface area contributed by atoms with Crippen molar-refractivity contribution in [3.05, 3.63) is 12.2 Å². The fourth-order valence-corrected chi connectivity index (χ4v) is 0.292. The number of hydrazine groups is 1. The van der Waals surface area contributed by atoms with E-state index >= 15 is 0 Å². The third kappa shape index (κ3) is 5.03. The fraction of sp³-hybridized carbons (Fsp3) is 0.500. The Kier molecular flexibility index (Phi) is 4.82. The van der Waals surface area contributed by atoms with E-state index in [9.17, 15) is 0 Å². The van der Waals surface area contributed by atoms with E-state index in [1.807, 2.05) is 26.0 Å². The molecule has 0 aliphatic carbocycles. The van der Waals surface area contributed by atoms with Crippen molar-refractivity contribution >= 4 is 6.21 Å². The molecule has 52 valence electrons. The van der Waals surface area contributed by atoms with Crippen LogP contribution in [0.3, 0.4) is 0 Å². The smallest absolute Gasteiger partial charge is 0.0502 e. The van der Waals surface area contributed by atoms with Gasteiger partial charge < -0.3 is 0 Å². The monoisotopic (exact) mass is 127 g/mol. The van der Waals surface area contributed by atoms with Crippen molar-refractivity contribution < 1.29 is 0 Å². The first kappa shape index (κ1) is 8.17. The molecule has 0 heterocycles. The minimum Gasteiger partial charge on any atom is -0.233 e. The summed E-state index contributed by atoms with van der Waals surface area (Å²) in [7, 11) is 0. The van der Waals surface area contributed by atoms with Crippen LogP contribution in [-0.4, -0.2) is 17.9 Å². The first-order valence-electron chi connectivity index (χ1n) is 2.98. The predicted molar refractivity (Wildman–Crippen MR) is 39.9 cm³/mol. The van der Waals surface area contributed by atoms with Crippen molar-refractivity contribution in [2.24, 2.45) is 10.9 Å². The van der Waals surface area contributed by atoms with Gasteiger partial charge in [0.05, 0.1) is 6.54 Å². The second-order valence-corrected chi connectivity index (χ2v) is 1.55. The summed E-state index contributed by atoms with van der Waals surface area (Å²) in [5.74, 6) is 5.32. The highest BCUT2D eigenvalue weighted by molar-refractivity contribution is 5.70. The van der Waals surface area contributed by atoms with Gasteiger partial charge in [0.25, 0.3) is 0 Å². The van der Waals surface area contributed by atoms with Gasteiger partial charge in [-0.25, -0.2) is 11.0 Å². The second-order valence-electron chi connectivity index (χ2n) is 1.55. The van der Waals surface area contributed by atoms with Crippen molar-refractivity contribution in [1.82, 2.24) is 5.12 Å². The second kappa shape index (κ2) is 5.31. The Morgan fingerprint density at radius 2 is 2.33 bits per heavy atom. The maximum Gasteiger partial charge on any atom is 0.0502 e. The van der Waals surface area contributed by atoms with Crippen LogP contribution < -0.4 is 5.84 Å². The van der Waals surface area contributed by atoms with Crippen LogP contribution in [0.4, 0.5) is 0 Å². The summed E-state index contributed by atoms with van der Waals surface area (Å²) in [5, 5.41) is 5.21. The summed E-state index contributed by atoms with van der Waals surface area (Å²) in [6, 6.07) is 0. The van der Waals surface area contributed by atoms with Gasteiger partial charge in [0.1, 0.15) is 0 Å². The Labute approximate surface area is 55.8 Å². The molecule has 0 amide bonds. The van der Waals surface area contributed by atoms with E-state index in [4.69, 9.17) is 5.84 Å². The van der Waals surface area contributed by atoms with Crippen LogP contribution in [0, 0.1) is 0 Å². The van der Waals surface area contributed by atoms with Gasteiger partial charge in [0.2, 0.25) is 0 Å². The average molecular weight is 127 g/mol. The molecule has 0 spiro atoms. The lowest BCUT2D eigenvalue weighted by Gasteiger charge is -2.05. The summed E-state index contributed by atoms with van der Waals surface area (Å²) in [6.45, 7) is 4.60. The van der Waals surface area contributed by atoms with Crippen molar-refractivity contribution in [3.8, 4) is 0 Å². The molecule has 3 heteroatoms. The number of rotatable bonds is 3. The Balaban J connectivity index is 3.43. The number of hydrogen-bond acceptors (Lipinski definition) is 3. The molecule has 0 saturated carbocycles. The number of hydrazone groups is 1. The maximum absolute atomic E-state index is 5.32. The summed E-state index contributed by atoms with van der Waals surface area (Å²) in [6.07, 6.45) is 5.38. The van der Waals surface area contributed by atoms with E-state index in [0.717, 1.165) is 6.54 Å².